The van der Waals surface area contributed by atoms with Crippen LogP contribution >= 0.6 is 0 Å². The van der Waals surface area contributed by atoms with E-state index >= 15 is 0 Å². The lowest BCUT2D eigenvalue weighted by Gasteiger charge is -2.20. The summed E-state index contributed by atoms with van der Waals surface area (Å²) in [5.74, 6) is 0.569. The van der Waals surface area contributed by atoms with Crippen molar-refractivity contribution in [2.75, 3.05) is 5.32 Å². The van der Waals surface area contributed by atoms with Crippen LogP contribution in [-0.4, -0.2) is 31.7 Å². The Hall–Kier alpha value is -2.74. The third-order valence-corrected chi connectivity index (χ3v) is 3.33. The molecule has 1 aromatic heterocycles. The van der Waals surface area contributed by atoms with Gasteiger partial charge in [0.1, 0.15) is 22.9 Å². The fourth-order valence-electron chi connectivity index (χ4n) is 2.21. The molecule has 4 N–H and O–H groups in total. The zero-order chi connectivity index (χ0) is 18.6. The van der Waals surface area contributed by atoms with Crippen molar-refractivity contribution in [2.45, 2.75) is 39.5 Å². The van der Waals surface area contributed by atoms with Gasteiger partial charge in [0, 0.05) is 37.3 Å². The fraction of sp³-hybridized carbons (Fsp3) is 0.412. The number of aromatic hydroxyl groups is 2. The van der Waals surface area contributed by atoms with Crippen LogP contribution in [0, 0.1) is 0 Å². The first-order valence-electron chi connectivity index (χ1n) is 7.88. The van der Waals surface area contributed by atoms with E-state index in [1.54, 1.807) is 44.8 Å². The first-order valence-corrected chi connectivity index (χ1v) is 7.88. The Labute approximate surface area is 146 Å². The molecule has 1 amide bonds. The number of nitrogens with one attached hydrogen (secondary N) is 2. The minimum atomic E-state index is -0.586. The minimum absolute atomic E-state index is 0.0114. The smallest absolute Gasteiger partial charge is 0.413 e. The van der Waals surface area contributed by atoms with Crippen LogP contribution in [-0.2, 0) is 24.9 Å². The number of hydrogen-bond acceptors (Lipinski definition) is 6. The van der Waals surface area contributed by atoms with Crippen LogP contribution in [0.25, 0.3) is 0 Å². The van der Waals surface area contributed by atoms with Gasteiger partial charge in [-0.15, -0.1) is 0 Å². The number of benzene rings is 1. The summed E-state index contributed by atoms with van der Waals surface area (Å²) in [7, 11) is 1.72. The number of hydrogen-bond donors (Lipinski definition) is 4. The molecular formula is C17H24N4O4. The van der Waals surface area contributed by atoms with Crippen LogP contribution in [0.5, 0.6) is 11.5 Å². The quantitative estimate of drug-likeness (QED) is 0.661. The first-order chi connectivity index (χ1) is 11.7. The van der Waals surface area contributed by atoms with Gasteiger partial charge in [-0.25, -0.2) is 4.79 Å². The standard InChI is InChI=1S/C17H24N4O4/c1-17(2,3)25-16(24)20-15-12(10-19-21(15)4)9-18-8-11-5-6-13(22)7-14(11)23/h5-7,10,18,22-23H,8-9H2,1-4H3,(H,20,24). The van der Waals surface area contributed by atoms with Crippen molar-refractivity contribution in [3.05, 3.63) is 35.5 Å². The highest BCUT2D eigenvalue weighted by Crippen LogP contribution is 2.22. The Morgan fingerprint density at radius 2 is 1.92 bits per heavy atom. The summed E-state index contributed by atoms with van der Waals surface area (Å²) in [4.78, 5) is 12.0. The number of aromatic nitrogens is 2. The topological polar surface area (TPSA) is 109 Å². The molecule has 0 fully saturated rings. The highest BCUT2D eigenvalue weighted by molar-refractivity contribution is 5.84. The summed E-state index contributed by atoms with van der Waals surface area (Å²) in [5.41, 5.74) is 0.854. The molecule has 2 rings (SSSR count). The molecule has 8 heteroatoms. The number of aryl methyl sites for hydroxylation is 1. The maximum atomic E-state index is 12.0. The van der Waals surface area contributed by atoms with E-state index in [-0.39, 0.29) is 11.5 Å². The number of phenolic OH excluding ortho intramolecular Hbond substituents is 2. The van der Waals surface area contributed by atoms with Gasteiger partial charge in [0.05, 0.1) is 6.20 Å². The Bertz CT molecular complexity index is 750. The van der Waals surface area contributed by atoms with Crippen LogP contribution in [0.15, 0.2) is 24.4 Å². The Morgan fingerprint density at radius 1 is 1.24 bits per heavy atom. The second-order valence-corrected chi connectivity index (χ2v) is 6.69. The molecule has 0 aliphatic rings. The van der Waals surface area contributed by atoms with Crippen LogP contribution in [0.2, 0.25) is 0 Å². The lowest BCUT2D eigenvalue weighted by molar-refractivity contribution is 0.0634. The van der Waals surface area contributed by atoms with Crippen LogP contribution in [0.1, 0.15) is 31.9 Å². The Kier molecular flexibility index (Phi) is 5.53. The van der Waals surface area contributed by atoms with E-state index in [1.807, 2.05) is 0 Å². The highest BCUT2D eigenvalue weighted by Gasteiger charge is 2.19. The fourth-order valence-corrected chi connectivity index (χ4v) is 2.21. The minimum Gasteiger partial charge on any atom is -0.508 e. The predicted octanol–water partition coefficient (Wildman–Crippen LogP) is 2.47. The lowest BCUT2D eigenvalue weighted by Crippen LogP contribution is -2.28. The van der Waals surface area contributed by atoms with Gasteiger partial charge in [-0.3, -0.25) is 10.00 Å². The number of ether oxygens (including phenoxy) is 1. The van der Waals surface area contributed by atoms with Crippen LogP contribution in [0.4, 0.5) is 10.6 Å². The van der Waals surface area contributed by atoms with Gasteiger partial charge in [-0.2, -0.15) is 5.10 Å². The molecule has 25 heavy (non-hydrogen) atoms. The maximum absolute atomic E-state index is 12.0. The average Bonchev–Trinajstić information content (AvgIpc) is 2.80. The zero-order valence-electron chi connectivity index (χ0n) is 14.8. The second-order valence-electron chi connectivity index (χ2n) is 6.69. The van der Waals surface area contributed by atoms with Gasteiger partial charge in [0.25, 0.3) is 0 Å². The molecule has 0 bridgehead atoms. The zero-order valence-corrected chi connectivity index (χ0v) is 14.8. The van der Waals surface area contributed by atoms with Crippen molar-refractivity contribution in [1.82, 2.24) is 15.1 Å². The number of nitrogens with zero attached hydrogens (tertiary/aromatic N) is 2. The molecule has 0 unspecified atom stereocenters. The van der Waals surface area contributed by atoms with Gasteiger partial charge in [0.2, 0.25) is 0 Å². The molecule has 136 valence electrons. The summed E-state index contributed by atoms with van der Waals surface area (Å²) >= 11 is 0. The van der Waals surface area contributed by atoms with Crippen LogP contribution in [0.3, 0.4) is 0 Å². The Morgan fingerprint density at radius 3 is 2.56 bits per heavy atom. The molecule has 1 heterocycles. The summed E-state index contributed by atoms with van der Waals surface area (Å²) in [6.45, 7) is 6.21. The van der Waals surface area contributed by atoms with E-state index in [2.05, 4.69) is 15.7 Å². The highest BCUT2D eigenvalue weighted by atomic mass is 16.6. The van der Waals surface area contributed by atoms with Gasteiger partial charge in [-0.05, 0) is 26.8 Å². The van der Waals surface area contributed by atoms with E-state index in [9.17, 15) is 15.0 Å². The van der Waals surface area contributed by atoms with E-state index in [4.69, 9.17) is 4.74 Å². The molecule has 0 saturated carbocycles. The van der Waals surface area contributed by atoms with Gasteiger partial charge in [-0.1, -0.05) is 6.07 Å². The molecular weight excluding hydrogens is 324 g/mol. The largest absolute Gasteiger partial charge is 0.508 e. The molecule has 0 aliphatic carbocycles. The number of anilines is 1. The second kappa shape index (κ2) is 7.43. The number of amides is 1. The van der Waals surface area contributed by atoms with Crippen molar-refractivity contribution >= 4 is 11.9 Å². The average molecular weight is 348 g/mol. The number of carbonyl (C=O) groups is 1. The molecule has 0 atom stereocenters. The molecule has 0 aliphatic heterocycles. The van der Waals surface area contributed by atoms with E-state index in [0.29, 0.717) is 24.5 Å². The number of carbonyl (C=O) groups excluding carboxylic acids is 1. The van der Waals surface area contributed by atoms with Gasteiger partial charge in [0.15, 0.2) is 0 Å². The van der Waals surface area contributed by atoms with E-state index < -0.39 is 11.7 Å². The first kappa shape index (κ1) is 18.6. The Balaban J connectivity index is 1.98. The van der Waals surface area contributed by atoms with Crippen molar-refractivity contribution in [3.63, 3.8) is 0 Å². The maximum Gasteiger partial charge on any atom is 0.413 e. The molecule has 0 saturated heterocycles. The van der Waals surface area contributed by atoms with Crippen molar-refractivity contribution in [3.8, 4) is 11.5 Å². The summed E-state index contributed by atoms with van der Waals surface area (Å²) < 4.78 is 6.81. The van der Waals surface area contributed by atoms with Gasteiger partial charge >= 0.3 is 6.09 Å². The summed E-state index contributed by atoms with van der Waals surface area (Å²) in [6.07, 6.45) is 1.10. The monoisotopic (exact) mass is 348 g/mol. The third-order valence-electron chi connectivity index (χ3n) is 3.33. The third kappa shape index (κ3) is 5.39. The molecule has 0 radical (unpaired) electrons. The number of phenols is 2. The molecule has 1 aromatic carbocycles. The van der Waals surface area contributed by atoms with Crippen molar-refractivity contribution in [1.29, 1.82) is 0 Å². The lowest BCUT2D eigenvalue weighted by atomic mass is 10.2. The predicted molar refractivity (Wildman–Crippen MR) is 93.4 cm³/mol. The normalized spacial score (nSPS) is 11.4. The van der Waals surface area contributed by atoms with Gasteiger partial charge < -0.3 is 20.3 Å². The van der Waals surface area contributed by atoms with Crippen molar-refractivity contribution in [2.24, 2.45) is 7.05 Å². The molecule has 2 aromatic rings. The summed E-state index contributed by atoms with van der Waals surface area (Å²) in [6, 6.07) is 4.44. The number of rotatable bonds is 5. The SMILES string of the molecule is Cn1ncc(CNCc2ccc(O)cc2O)c1NC(=O)OC(C)(C)C. The van der Waals surface area contributed by atoms with E-state index in [1.165, 1.54) is 12.1 Å². The van der Waals surface area contributed by atoms with E-state index in [0.717, 1.165) is 5.56 Å². The molecule has 0 spiro atoms. The molecule has 8 nitrogen and oxygen atoms in total. The van der Waals surface area contributed by atoms with Crippen molar-refractivity contribution < 1.29 is 19.7 Å². The summed E-state index contributed by atoms with van der Waals surface area (Å²) in [5, 5.41) is 29.1. The van der Waals surface area contributed by atoms with Crippen LogP contribution < -0.4 is 10.6 Å².